The van der Waals surface area contributed by atoms with Crippen molar-refractivity contribution in [2.24, 2.45) is 23.2 Å². The van der Waals surface area contributed by atoms with Crippen molar-refractivity contribution < 1.29 is 4.79 Å². The SMILES string of the molecule is CC(=O)c1ccc(CN(C)CC23CC4CC(CC(C4)C2)C3)c(C)c1. The summed E-state index contributed by atoms with van der Waals surface area (Å²) >= 11 is 0. The largest absolute Gasteiger partial charge is 0.302 e. The van der Waals surface area contributed by atoms with Crippen LogP contribution in [-0.4, -0.2) is 24.3 Å². The first-order chi connectivity index (χ1) is 11.4. The third kappa shape index (κ3) is 3.06. The van der Waals surface area contributed by atoms with Gasteiger partial charge < -0.3 is 4.90 Å². The van der Waals surface area contributed by atoms with Gasteiger partial charge in [-0.15, -0.1) is 0 Å². The number of hydrogen-bond donors (Lipinski definition) is 0. The average molecular weight is 325 g/mol. The molecule has 130 valence electrons. The van der Waals surface area contributed by atoms with Crippen molar-refractivity contribution in [1.29, 1.82) is 0 Å². The number of benzene rings is 1. The van der Waals surface area contributed by atoms with Crippen LogP contribution >= 0.6 is 0 Å². The number of Topliss-reactive ketones (excluding diaryl/α,β-unsaturated/α-hetero) is 1. The fourth-order valence-corrected chi connectivity index (χ4v) is 6.50. The van der Waals surface area contributed by atoms with Crippen molar-refractivity contribution in [2.75, 3.05) is 13.6 Å². The van der Waals surface area contributed by atoms with Gasteiger partial charge in [0.05, 0.1) is 0 Å². The van der Waals surface area contributed by atoms with Crippen LogP contribution in [0.15, 0.2) is 18.2 Å². The van der Waals surface area contributed by atoms with Gasteiger partial charge in [-0.2, -0.15) is 0 Å². The van der Waals surface area contributed by atoms with E-state index >= 15 is 0 Å². The molecule has 0 unspecified atom stereocenters. The van der Waals surface area contributed by atoms with E-state index in [1.807, 2.05) is 6.07 Å². The molecule has 0 heterocycles. The molecule has 0 spiro atoms. The van der Waals surface area contributed by atoms with Gasteiger partial charge in [0.1, 0.15) is 0 Å². The molecule has 4 aliphatic carbocycles. The molecule has 0 N–H and O–H groups in total. The molecule has 2 nitrogen and oxygen atoms in total. The van der Waals surface area contributed by atoms with E-state index < -0.39 is 0 Å². The van der Waals surface area contributed by atoms with Gasteiger partial charge in [-0.05, 0) is 99.8 Å². The van der Waals surface area contributed by atoms with Crippen molar-refractivity contribution in [3.05, 3.63) is 34.9 Å². The molecule has 4 fully saturated rings. The number of rotatable bonds is 5. The smallest absolute Gasteiger partial charge is 0.159 e. The van der Waals surface area contributed by atoms with Gasteiger partial charge in [0.2, 0.25) is 0 Å². The van der Waals surface area contributed by atoms with E-state index in [9.17, 15) is 4.79 Å². The van der Waals surface area contributed by atoms with Crippen LogP contribution in [0.5, 0.6) is 0 Å². The summed E-state index contributed by atoms with van der Waals surface area (Å²) in [4.78, 5) is 14.1. The summed E-state index contributed by atoms with van der Waals surface area (Å²) in [5.74, 6) is 3.25. The predicted octanol–water partition coefficient (Wildman–Crippen LogP) is 4.85. The highest BCUT2D eigenvalue weighted by atomic mass is 16.1. The molecule has 0 saturated heterocycles. The normalized spacial score (nSPS) is 34.1. The van der Waals surface area contributed by atoms with E-state index in [2.05, 4.69) is 31.0 Å². The Labute approximate surface area is 146 Å². The van der Waals surface area contributed by atoms with Gasteiger partial charge in [0, 0.05) is 18.7 Å². The number of hydrogen-bond acceptors (Lipinski definition) is 2. The van der Waals surface area contributed by atoms with E-state index in [0.717, 1.165) is 29.9 Å². The van der Waals surface area contributed by atoms with Crippen molar-refractivity contribution in [3.8, 4) is 0 Å². The molecule has 1 aromatic carbocycles. The molecule has 4 saturated carbocycles. The molecule has 0 aliphatic heterocycles. The second-order valence-corrected chi connectivity index (χ2v) is 9.29. The van der Waals surface area contributed by atoms with Crippen molar-refractivity contribution >= 4 is 5.78 Å². The first-order valence-electron chi connectivity index (χ1n) is 9.71. The lowest BCUT2D eigenvalue weighted by Crippen LogP contribution is -2.50. The van der Waals surface area contributed by atoms with Crippen LogP contribution in [0.4, 0.5) is 0 Å². The van der Waals surface area contributed by atoms with Crippen LogP contribution in [0.1, 0.15) is 66.9 Å². The van der Waals surface area contributed by atoms with E-state index in [1.165, 1.54) is 56.2 Å². The van der Waals surface area contributed by atoms with Crippen molar-refractivity contribution in [3.63, 3.8) is 0 Å². The quantitative estimate of drug-likeness (QED) is 0.722. The van der Waals surface area contributed by atoms with Crippen LogP contribution in [-0.2, 0) is 6.54 Å². The van der Waals surface area contributed by atoms with Gasteiger partial charge in [0.25, 0.3) is 0 Å². The zero-order valence-corrected chi connectivity index (χ0v) is 15.5. The van der Waals surface area contributed by atoms with Gasteiger partial charge >= 0.3 is 0 Å². The highest BCUT2D eigenvalue weighted by Crippen LogP contribution is 2.60. The minimum atomic E-state index is 0.159. The number of aryl methyl sites for hydroxylation is 1. The van der Waals surface area contributed by atoms with E-state index in [4.69, 9.17) is 0 Å². The van der Waals surface area contributed by atoms with Gasteiger partial charge in [0.15, 0.2) is 5.78 Å². The fraction of sp³-hybridized carbons (Fsp3) is 0.682. The van der Waals surface area contributed by atoms with Crippen LogP contribution < -0.4 is 0 Å². The van der Waals surface area contributed by atoms with Crippen LogP contribution in [0.2, 0.25) is 0 Å². The minimum absolute atomic E-state index is 0.159. The summed E-state index contributed by atoms with van der Waals surface area (Å²) < 4.78 is 0. The molecule has 0 aromatic heterocycles. The Morgan fingerprint density at radius 3 is 2.21 bits per heavy atom. The summed E-state index contributed by atoms with van der Waals surface area (Å²) in [6.45, 7) is 6.05. The molecule has 24 heavy (non-hydrogen) atoms. The number of ketones is 1. The Balaban J connectivity index is 1.44. The summed E-state index contributed by atoms with van der Waals surface area (Å²) in [6.07, 6.45) is 9.00. The molecule has 0 amide bonds. The van der Waals surface area contributed by atoms with E-state index in [0.29, 0.717) is 5.41 Å². The summed E-state index contributed by atoms with van der Waals surface area (Å²) in [6, 6.07) is 6.20. The van der Waals surface area contributed by atoms with E-state index in [-0.39, 0.29) is 5.78 Å². The molecule has 1 aromatic rings. The summed E-state index contributed by atoms with van der Waals surface area (Å²) in [5.41, 5.74) is 4.06. The zero-order chi connectivity index (χ0) is 16.9. The third-order valence-electron chi connectivity index (χ3n) is 6.96. The van der Waals surface area contributed by atoms with Gasteiger partial charge in [-0.25, -0.2) is 0 Å². The highest BCUT2D eigenvalue weighted by Gasteiger charge is 2.50. The fourth-order valence-electron chi connectivity index (χ4n) is 6.50. The summed E-state index contributed by atoms with van der Waals surface area (Å²) in [7, 11) is 2.29. The number of nitrogens with zero attached hydrogens (tertiary/aromatic N) is 1. The second-order valence-electron chi connectivity index (χ2n) is 9.29. The molecule has 0 atom stereocenters. The Morgan fingerprint density at radius 1 is 1.12 bits per heavy atom. The maximum absolute atomic E-state index is 11.5. The molecule has 0 radical (unpaired) electrons. The van der Waals surface area contributed by atoms with Gasteiger partial charge in [-0.3, -0.25) is 4.79 Å². The molecular formula is C22H31NO. The molecular weight excluding hydrogens is 294 g/mol. The van der Waals surface area contributed by atoms with E-state index in [1.54, 1.807) is 6.92 Å². The minimum Gasteiger partial charge on any atom is -0.302 e. The Bertz CT molecular complexity index is 612. The monoisotopic (exact) mass is 325 g/mol. The van der Waals surface area contributed by atoms with Crippen LogP contribution in [0.3, 0.4) is 0 Å². The third-order valence-corrected chi connectivity index (χ3v) is 6.96. The predicted molar refractivity (Wildman–Crippen MR) is 98.1 cm³/mol. The average Bonchev–Trinajstić information content (AvgIpc) is 2.47. The maximum atomic E-state index is 11.5. The zero-order valence-electron chi connectivity index (χ0n) is 15.5. The Morgan fingerprint density at radius 2 is 1.71 bits per heavy atom. The standard InChI is InChI=1S/C22H31NO/c1-15-6-20(16(2)24)4-5-21(15)13-23(3)14-22-10-17-7-18(11-22)9-19(8-17)12-22/h4-6,17-19H,7-14H2,1-3H3. The lowest BCUT2D eigenvalue weighted by Gasteiger charge is -2.57. The lowest BCUT2D eigenvalue weighted by molar-refractivity contribution is -0.0670. The van der Waals surface area contributed by atoms with Crippen LogP contribution in [0.25, 0.3) is 0 Å². The molecule has 4 aliphatic rings. The molecule has 4 bridgehead atoms. The summed E-state index contributed by atoms with van der Waals surface area (Å²) in [5, 5.41) is 0. The first kappa shape index (κ1) is 16.3. The van der Waals surface area contributed by atoms with Gasteiger partial charge in [-0.1, -0.05) is 12.1 Å². The topological polar surface area (TPSA) is 20.3 Å². The number of carbonyl (C=O) groups excluding carboxylic acids is 1. The highest BCUT2D eigenvalue weighted by molar-refractivity contribution is 5.94. The lowest BCUT2D eigenvalue weighted by atomic mass is 9.49. The number of carbonyl (C=O) groups is 1. The second kappa shape index (κ2) is 5.98. The Kier molecular flexibility index (Phi) is 4.07. The van der Waals surface area contributed by atoms with Crippen molar-refractivity contribution in [1.82, 2.24) is 4.90 Å². The van der Waals surface area contributed by atoms with Crippen molar-refractivity contribution in [2.45, 2.75) is 58.9 Å². The molecule has 2 heteroatoms. The van der Waals surface area contributed by atoms with Crippen LogP contribution in [0, 0.1) is 30.1 Å². The maximum Gasteiger partial charge on any atom is 0.159 e. The Hall–Kier alpha value is -1.15. The molecule has 5 rings (SSSR count). The first-order valence-corrected chi connectivity index (χ1v) is 9.71.